The molecule has 1 amide bonds. The van der Waals surface area contributed by atoms with Gasteiger partial charge in [-0.15, -0.1) is 0 Å². The number of ether oxygens (including phenoxy) is 2. The minimum absolute atomic E-state index is 0.0817. The maximum absolute atomic E-state index is 12.0. The molecule has 1 unspecified atom stereocenters. The Labute approximate surface area is 135 Å². The Hall–Kier alpha value is -2.37. The van der Waals surface area contributed by atoms with Gasteiger partial charge < -0.3 is 20.1 Å². The molecule has 1 saturated heterocycles. The summed E-state index contributed by atoms with van der Waals surface area (Å²) >= 11 is 0. The van der Waals surface area contributed by atoms with Crippen molar-refractivity contribution in [2.75, 3.05) is 19.7 Å². The summed E-state index contributed by atoms with van der Waals surface area (Å²) in [5.74, 6) is 1.49. The predicted octanol–water partition coefficient (Wildman–Crippen LogP) is 2.08. The van der Waals surface area contributed by atoms with Gasteiger partial charge in [-0.3, -0.25) is 4.79 Å². The maximum Gasteiger partial charge on any atom is 0.250 e. The number of hydrogen-bond acceptors (Lipinski definition) is 4. The van der Waals surface area contributed by atoms with E-state index in [0.717, 1.165) is 23.6 Å². The second-order valence-corrected chi connectivity index (χ2v) is 5.34. The number of rotatable bonds is 5. The third-order valence-electron chi connectivity index (χ3n) is 3.59. The molecule has 2 aromatic carbocycles. The molecule has 1 aliphatic rings. The van der Waals surface area contributed by atoms with E-state index in [2.05, 4.69) is 10.6 Å². The number of carbonyl (C=O) groups is 1. The van der Waals surface area contributed by atoms with Crippen molar-refractivity contribution in [2.45, 2.75) is 12.6 Å². The average molecular weight is 312 g/mol. The van der Waals surface area contributed by atoms with Crippen LogP contribution in [0.5, 0.6) is 11.5 Å². The van der Waals surface area contributed by atoms with Crippen molar-refractivity contribution < 1.29 is 14.3 Å². The van der Waals surface area contributed by atoms with Gasteiger partial charge in [0.05, 0.1) is 6.61 Å². The van der Waals surface area contributed by atoms with E-state index in [4.69, 9.17) is 9.47 Å². The van der Waals surface area contributed by atoms with Crippen LogP contribution in [-0.4, -0.2) is 31.7 Å². The zero-order valence-electron chi connectivity index (χ0n) is 12.8. The largest absolute Gasteiger partial charge is 0.457 e. The summed E-state index contributed by atoms with van der Waals surface area (Å²) in [5, 5.41) is 6.04. The van der Waals surface area contributed by atoms with Crippen LogP contribution in [0.15, 0.2) is 54.6 Å². The smallest absolute Gasteiger partial charge is 0.250 e. The van der Waals surface area contributed by atoms with Gasteiger partial charge in [0.15, 0.2) is 0 Å². The number of benzene rings is 2. The highest BCUT2D eigenvalue weighted by molar-refractivity contribution is 5.81. The molecule has 2 N–H and O–H groups in total. The van der Waals surface area contributed by atoms with Crippen LogP contribution >= 0.6 is 0 Å². The Kier molecular flexibility index (Phi) is 5.24. The fourth-order valence-corrected chi connectivity index (χ4v) is 2.34. The van der Waals surface area contributed by atoms with Crippen LogP contribution in [0.2, 0.25) is 0 Å². The van der Waals surface area contributed by atoms with Gasteiger partial charge >= 0.3 is 0 Å². The molecule has 5 heteroatoms. The van der Waals surface area contributed by atoms with Crippen molar-refractivity contribution in [3.05, 3.63) is 60.2 Å². The molecule has 23 heavy (non-hydrogen) atoms. The lowest BCUT2D eigenvalue weighted by Crippen LogP contribution is -2.47. The third-order valence-corrected chi connectivity index (χ3v) is 3.59. The van der Waals surface area contributed by atoms with Gasteiger partial charge in [0.25, 0.3) is 5.91 Å². The van der Waals surface area contributed by atoms with Crippen molar-refractivity contribution in [1.29, 1.82) is 0 Å². The first-order chi connectivity index (χ1) is 11.3. The molecule has 2 aromatic rings. The van der Waals surface area contributed by atoms with Crippen LogP contribution < -0.4 is 15.4 Å². The van der Waals surface area contributed by atoms with E-state index in [-0.39, 0.29) is 5.91 Å². The van der Waals surface area contributed by atoms with E-state index in [1.165, 1.54) is 0 Å². The Balaban J connectivity index is 1.50. The molecule has 0 saturated carbocycles. The van der Waals surface area contributed by atoms with E-state index in [1.54, 1.807) is 0 Å². The van der Waals surface area contributed by atoms with E-state index in [0.29, 0.717) is 19.7 Å². The molecule has 0 spiro atoms. The van der Waals surface area contributed by atoms with Crippen LogP contribution in [0.1, 0.15) is 5.56 Å². The van der Waals surface area contributed by atoms with Gasteiger partial charge in [-0.1, -0.05) is 30.3 Å². The molecule has 0 aromatic heterocycles. The fraction of sp³-hybridized carbons (Fsp3) is 0.278. The van der Waals surface area contributed by atoms with E-state index < -0.39 is 6.10 Å². The quantitative estimate of drug-likeness (QED) is 0.887. The summed E-state index contributed by atoms with van der Waals surface area (Å²) in [6.45, 7) is 2.41. The molecule has 0 radical (unpaired) electrons. The second-order valence-electron chi connectivity index (χ2n) is 5.34. The topological polar surface area (TPSA) is 59.6 Å². The molecule has 0 aliphatic carbocycles. The first kappa shape index (κ1) is 15.5. The zero-order chi connectivity index (χ0) is 15.9. The molecule has 1 aliphatic heterocycles. The number of nitrogens with one attached hydrogen (secondary N) is 2. The molecule has 1 fully saturated rings. The molecule has 3 rings (SSSR count). The summed E-state index contributed by atoms with van der Waals surface area (Å²) in [6, 6.07) is 17.3. The predicted molar refractivity (Wildman–Crippen MR) is 87.4 cm³/mol. The van der Waals surface area contributed by atoms with Crippen molar-refractivity contribution in [2.24, 2.45) is 0 Å². The third kappa shape index (κ3) is 4.55. The lowest BCUT2D eigenvalue weighted by atomic mass is 10.2. The first-order valence-corrected chi connectivity index (χ1v) is 7.73. The van der Waals surface area contributed by atoms with Crippen LogP contribution in [0.25, 0.3) is 0 Å². The van der Waals surface area contributed by atoms with Crippen molar-refractivity contribution in [3.63, 3.8) is 0 Å². The van der Waals surface area contributed by atoms with Crippen LogP contribution in [0.4, 0.5) is 0 Å². The highest BCUT2D eigenvalue weighted by Crippen LogP contribution is 2.21. The number of para-hydroxylation sites is 1. The van der Waals surface area contributed by atoms with Gasteiger partial charge in [0.2, 0.25) is 0 Å². The summed E-state index contributed by atoms with van der Waals surface area (Å²) in [4.78, 5) is 12.0. The Bertz CT molecular complexity index is 622. The summed E-state index contributed by atoms with van der Waals surface area (Å²) in [6.07, 6.45) is -0.399. The Morgan fingerprint density at radius 1 is 1.13 bits per heavy atom. The van der Waals surface area contributed by atoms with E-state index in [9.17, 15) is 4.79 Å². The molecule has 1 atom stereocenters. The zero-order valence-corrected chi connectivity index (χ0v) is 12.8. The van der Waals surface area contributed by atoms with Gasteiger partial charge in [-0.25, -0.2) is 0 Å². The van der Waals surface area contributed by atoms with E-state index in [1.807, 2.05) is 54.6 Å². The van der Waals surface area contributed by atoms with Crippen LogP contribution in [-0.2, 0) is 16.1 Å². The summed E-state index contributed by atoms with van der Waals surface area (Å²) < 4.78 is 11.2. The highest BCUT2D eigenvalue weighted by Gasteiger charge is 2.21. The fourth-order valence-electron chi connectivity index (χ4n) is 2.34. The number of amides is 1. The molecule has 5 nitrogen and oxygen atoms in total. The van der Waals surface area contributed by atoms with Gasteiger partial charge in [0.1, 0.15) is 17.6 Å². The first-order valence-electron chi connectivity index (χ1n) is 7.73. The average Bonchev–Trinajstić information content (AvgIpc) is 2.62. The monoisotopic (exact) mass is 312 g/mol. The Morgan fingerprint density at radius 3 is 2.57 bits per heavy atom. The minimum atomic E-state index is -0.399. The summed E-state index contributed by atoms with van der Waals surface area (Å²) in [7, 11) is 0. The standard InChI is InChI=1S/C18H20N2O3/c21-18(17-13-19-10-11-22-17)20-12-14-6-8-16(9-7-14)23-15-4-2-1-3-5-15/h1-9,17,19H,10-13H2,(H,20,21). The normalized spacial score (nSPS) is 17.5. The second kappa shape index (κ2) is 7.76. The maximum atomic E-state index is 12.0. The van der Waals surface area contributed by atoms with Crippen LogP contribution in [0.3, 0.4) is 0 Å². The summed E-state index contributed by atoms with van der Waals surface area (Å²) in [5.41, 5.74) is 1.02. The molecule has 1 heterocycles. The number of hydrogen-bond donors (Lipinski definition) is 2. The molecule has 120 valence electrons. The van der Waals surface area contributed by atoms with E-state index >= 15 is 0 Å². The molecule has 0 bridgehead atoms. The van der Waals surface area contributed by atoms with Gasteiger partial charge in [0, 0.05) is 19.6 Å². The number of carbonyl (C=O) groups excluding carboxylic acids is 1. The Morgan fingerprint density at radius 2 is 1.87 bits per heavy atom. The minimum Gasteiger partial charge on any atom is -0.457 e. The molecular formula is C18H20N2O3. The van der Waals surface area contributed by atoms with Crippen molar-refractivity contribution >= 4 is 5.91 Å². The van der Waals surface area contributed by atoms with Gasteiger partial charge in [-0.2, -0.15) is 0 Å². The van der Waals surface area contributed by atoms with Crippen molar-refractivity contribution in [1.82, 2.24) is 10.6 Å². The molecular weight excluding hydrogens is 292 g/mol. The lowest BCUT2D eigenvalue weighted by molar-refractivity contribution is -0.134. The highest BCUT2D eigenvalue weighted by atomic mass is 16.5. The lowest BCUT2D eigenvalue weighted by Gasteiger charge is -2.22. The number of morpholine rings is 1. The van der Waals surface area contributed by atoms with Gasteiger partial charge in [-0.05, 0) is 29.8 Å². The van der Waals surface area contributed by atoms with Crippen LogP contribution in [0, 0.1) is 0 Å². The SMILES string of the molecule is O=C(NCc1ccc(Oc2ccccc2)cc1)C1CNCCO1. The van der Waals surface area contributed by atoms with Crippen molar-refractivity contribution in [3.8, 4) is 11.5 Å².